The average Bonchev–Trinajstić information content (AvgIpc) is 3.78. The van der Waals surface area contributed by atoms with Crippen LogP contribution in [0.2, 0.25) is 0 Å². The van der Waals surface area contributed by atoms with Crippen LogP contribution < -0.4 is 10.2 Å². The Balaban J connectivity index is 1.14. The van der Waals surface area contributed by atoms with Crippen LogP contribution in [0.1, 0.15) is 45.6 Å². The van der Waals surface area contributed by atoms with Crippen LogP contribution in [0.15, 0.2) is 65.8 Å². The maximum Gasteiger partial charge on any atom is 0.251 e. The van der Waals surface area contributed by atoms with Gasteiger partial charge in [0.05, 0.1) is 0 Å². The Morgan fingerprint density at radius 2 is 1.74 bits per heavy atom. The molecule has 38 heavy (non-hydrogen) atoms. The average molecular weight is 528 g/mol. The van der Waals surface area contributed by atoms with Crippen molar-refractivity contribution in [2.75, 3.05) is 44.2 Å². The molecule has 2 aliphatic rings. The van der Waals surface area contributed by atoms with Crippen molar-refractivity contribution >= 4 is 29.6 Å². The van der Waals surface area contributed by atoms with E-state index in [2.05, 4.69) is 65.4 Å². The first-order chi connectivity index (χ1) is 18.5. The van der Waals surface area contributed by atoms with Gasteiger partial charge in [0.15, 0.2) is 5.16 Å². The number of nitrogens with one attached hydrogen (secondary N) is 1. The number of aryl methyl sites for hydroxylation is 1. The highest BCUT2D eigenvalue weighted by atomic mass is 32.2. The second kappa shape index (κ2) is 12.6. The molecule has 1 aliphatic heterocycles. The number of aromatic nitrogens is 2. The molecule has 6 nitrogen and oxygen atoms in total. The van der Waals surface area contributed by atoms with Crippen molar-refractivity contribution in [3.8, 4) is 0 Å². The minimum Gasteiger partial charge on any atom is -0.354 e. The molecule has 1 saturated heterocycles. The van der Waals surface area contributed by atoms with E-state index < -0.39 is 0 Å². The molecule has 1 N–H and O–H groups in total. The SMILES string of the molecule is Cc1nc(SCc2ccc(C(=O)NCC3CC3)cc2)nc(N2CCN(CC=Cc3ccccc3)CC2)c1C. The molecule has 2 fully saturated rings. The molecule has 1 amide bonds. The quantitative estimate of drug-likeness (QED) is 0.283. The number of hydrogen-bond donors (Lipinski definition) is 1. The lowest BCUT2D eigenvalue weighted by Gasteiger charge is -2.35. The summed E-state index contributed by atoms with van der Waals surface area (Å²) in [6, 6.07) is 18.4. The number of carbonyl (C=O) groups is 1. The van der Waals surface area contributed by atoms with E-state index in [9.17, 15) is 4.79 Å². The molecular weight excluding hydrogens is 490 g/mol. The van der Waals surface area contributed by atoms with Gasteiger partial charge < -0.3 is 10.2 Å². The van der Waals surface area contributed by atoms with Gasteiger partial charge in [0.25, 0.3) is 5.91 Å². The van der Waals surface area contributed by atoms with Gasteiger partial charge in [-0.1, -0.05) is 66.4 Å². The van der Waals surface area contributed by atoms with Crippen molar-refractivity contribution in [3.05, 3.63) is 88.6 Å². The van der Waals surface area contributed by atoms with Crippen molar-refractivity contribution in [2.45, 2.75) is 37.6 Å². The molecule has 2 heterocycles. The number of piperazine rings is 1. The predicted octanol–water partition coefficient (Wildman–Crippen LogP) is 5.36. The van der Waals surface area contributed by atoms with E-state index in [-0.39, 0.29) is 5.91 Å². The lowest BCUT2D eigenvalue weighted by atomic mass is 10.1. The van der Waals surface area contributed by atoms with Crippen LogP contribution in [0.5, 0.6) is 0 Å². The molecule has 3 aromatic rings. The van der Waals surface area contributed by atoms with Gasteiger partial charge in [0, 0.05) is 61.8 Å². The fourth-order valence-electron chi connectivity index (χ4n) is 4.57. The molecule has 0 atom stereocenters. The number of amides is 1. The largest absolute Gasteiger partial charge is 0.354 e. The van der Waals surface area contributed by atoms with Crippen molar-refractivity contribution < 1.29 is 4.79 Å². The number of nitrogens with zero attached hydrogens (tertiary/aromatic N) is 4. The number of carbonyl (C=O) groups excluding carboxylic acids is 1. The highest BCUT2D eigenvalue weighted by molar-refractivity contribution is 7.98. The van der Waals surface area contributed by atoms with Gasteiger partial charge >= 0.3 is 0 Å². The van der Waals surface area contributed by atoms with Crippen LogP contribution in [-0.2, 0) is 5.75 Å². The summed E-state index contributed by atoms with van der Waals surface area (Å²) in [4.78, 5) is 26.9. The summed E-state index contributed by atoms with van der Waals surface area (Å²) in [5.41, 5.74) is 5.32. The topological polar surface area (TPSA) is 61.4 Å². The number of hydrogen-bond acceptors (Lipinski definition) is 6. The van der Waals surface area contributed by atoms with Crippen molar-refractivity contribution in [3.63, 3.8) is 0 Å². The Morgan fingerprint density at radius 3 is 2.45 bits per heavy atom. The Morgan fingerprint density at radius 1 is 1.00 bits per heavy atom. The zero-order valence-electron chi connectivity index (χ0n) is 22.4. The Hall–Kier alpha value is -3.16. The lowest BCUT2D eigenvalue weighted by molar-refractivity contribution is 0.0952. The Labute approximate surface area is 230 Å². The molecule has 1 aromatic heterocycles. The fourth-order valence-corrected chi connectivity index (χ4v) is 5.41. The Bertz CT molecular complexity index is 1250. The minimum atomic E-state index is 0.0190. The van der Waals surface area contributed by atoms with Gasteiger partial charge in [0.2, 0.25) is 0 Å². The molecule has 0 bridgehead atoms. The molecule has 0 spiro atoms. The normalized spacial score (nSPS) is 16.2. The highest BCUT2D eigenvalue weighted by Crippen LogP contribution is 2.28. The monoisotopic (exact) mass is 527 g/mol. The second-order valence-corrected chi connectivity index (χ2v) is 11.2. The summed E-state index contributed by atoms with van der Waals surface area (Å²) >= 11 is 1.65. The molecule has 7 heteroatoms. The Kier molecular flexibility index (Phi) is 8.76. The van der Waals surface area contributed by atoms with E-state index in [1.54, 1.807) is 11.8 Å². The number of rotatable bonds is 10. The maximum absolute atomic E-state index is 12.3. The van der Waals surface area contributed by atoms with E-state index in [1.165, 1.54) is 18.4 Å². The minimum absolute atomic E-state index is 0.0190. The molecule has 198 valence electrons. The van der Waals surface area contributed by atoms with Crippen LogP contribution in [0.25, 0.3) is 6.08 Å². The summed E-state index contributed by atoms with van der Waals surface area (Å²) < 4.78 is 0. The third-order valence-electron chi connectivity index (χ3n) is 7.32. The summed E-state index contributed by atoms with van der Waals surface area (Å²) in [7, 11) is 0. The van der Waals surface area contributed by atoms with Crippen LogP contribution in [0.4, 0.5) is 5.82 Å². The fraction of sp³-hybridized carbons (Fsp3) is 0.387. The van der Waals surface area contributed by atoms with E-state index in [0.717, 1.165) is 78.4 Å². The predicted molar refractivity (Wildman–Crippen MR) is 157 cm³/mol. The van der Waals surface area contributed by atoms with Crippen LogP contribution in [0, 0.1) is 19.8 Å². The molecule has 0 radical (unpaired) electrons. The van der Waals surface area contributed by atoms with Gasteiger partial charge in [0.1, 0.15) is 5.82 Å². The van der Waals surface area contributed by atoms with E-state index >= 15 is 0 Å². The summed E-state index contributed by atoms with van der Waals surface area (Å²) in [5, 5.41) is 3.84. The summed E-state index contributed by atoms with van der Waals surface area (Å²) in [6.07, 6.45) is 6.93. The summed E-state index contributed by atoms with van der Waals surface area (Å²) in [6.45, 7) is 9.92. The van der Waals surface area contributed by atoms with Crippen LogP contribution >= 0.6 is 11.8 Å². The van der Waals surface area contributed by atoms with Crippen LogP contribution in [-0.4, -0.2) is 60.0 Å². The zero-order chi connectivity index (χ0) is 26.3. The van der Waals surface area contributed by atoms with E-state index in [0.29, 0.717) is 5.92 Å². The number of benzene rings is 2. The number of thioether (sulfide) groups is 1. The van der Waals surface area contributed by atoms with Crippen molar-refractivity contribution in [2.24, 2.45) is 5.92 Å². The molecular formula is C31H37N5OS. The van der Waals surface area contributed by atoms with Gasteiger partial charge in [-0.2, -0.15) is 0 Å². The second-order valence-electron chi connectivity index (χ2n) is 10.3. The van der Waals surface area contributed by atoms with Crippen LogP contribution in [0.3, 0.4) is 0 Å². The summed E-state index contributed by atoms with van der Waals surface area (Å²) in [5.74, 6) is 2.53. The molecule has 1 saturated carbocycles. The van der Waals surface area contributed by atoms with Crippen molar-refractivity contribution in [1.29, 1.82) is 0 Å². The number of anilines is 1. The first-order valence-electron chi connectivity index (χ1n) is 13.6. The highest BCUT2D eigenvalue weighted by Gasteiger charge is 2.22. The molecule has 0 unspecified atom stereocenters. The standard InChI is InChI=1S/C31H37N5OS/c1-23-24(2)33-31(38-22-27-12-14-28(15-13-27)30(37)32-21-26-10-11-26)34-29(23)36-19-17-35(18-20-36)16-6-9-25-7-4-3-5-8-25/h3-9,12-15,26H,10-11,16-22H2,1-2H3,(H,32,37). The first-order valence-corrected chi connectivity index (χ1v) is 14.6. The third kappa shape index (κ3) is 7.23. The van der Waals surface area contributed by atoms with Crippen molar-refractivity contribution in [1.82, 2.24) is 20.2 Å². The van der Waals surface area contributed by atoms with Gasteiger partial charge in [-0.3, -0.25) is 9.69 Å². The molecule has 1 aliphatic carbocycles. The first kappa shape index (κ1) is 26.4. The molecule has 5 rings (SSSR count). The third-order valence-corrected chi connectivity index (χ3v) is 8.24. The van der Waals surface area contributed by atoms with E-state index in [1.807, 2.05) is 30.3 Å². The van der Waals surface area contributed by atoms with Gasteiger partial charge in [-0.25, -0.2) is 9.97 Å². The van der Waals surface area contributed by atoms with Gasteiger partial charge in [-0.05, 0) is 55.9 Å². The smallest absolute Gasteiger partial charge is 0.251 e. The lowest BCUT2D eigenvalue weighted by Crippen LogP contribution is -2.47. The zero-order valence-corrected chi connectivity index (χ0v) is 23.2. The maximum atomic E-state index is 12.3. The molecule has 2 aromatic carbocycles. The van der Waals surface area contributed by atoms with E-state index in [4.69, 9.17) is 9.97 Å². The van der Waals surface area contributed by atoms with Gasteiger partial charge in [-0.15, -0.1) is 0 Å².